The third-order valence-corrected chi connectivity index (χ3v) is 6.40. The summed E-state index contributed by atoms with van der Waals surface area (Å²) >= 11 is 0. The van der Waals surface area contributed by atoms with E-state index in [-0.39, 0.29) is 29.7 Å². The van der Waals surface area contributed by atoms with E-state index in [4.69, 9.17) is 14.5 Å². The second-order valence-electron chi connectivity index (χ2n) is 9.41. The van der Waals surface area contributed by atoms with Crippen molar-refractivity contribution in [1.82, 2.24) is 0 Å². The van der Waals surface area contributed by atoms with Gasteiger partial charge in [-0.1, -0.05) is 85.8 Å². The zero-order valence-electron chi connectivity index (χ0n) is 22.5. The molecule has 0 spiro atoms. The Bertz CT molecular complexity index is 1500. The quantitative estimate of drug-likeness (QED) is 0.0855. The van der Waals surface area contributed by atoms with E-state index in [1.54, 1.807) is 25.1 Å². The first-order chi connectivity index (χ1) is 19.8. The molecule has 210 valence electrons. The van der Waals surface area contributed by atoms with Crippen LogP contribution in [-0.4, -0.2) is 34.4 Å². The first-order valence-corrected chi connectivity index (χ1v) is 13.1. The first-order valence-electron chi connectivity index (χ1n) is 13.1. The Morgan fingerprint density at radius 2 is 1.20 bits per heavy atom. The number of rotatable bonds is 13. The van der Waals surface area contributed by atoms with Crippen molar-refractivity contribution < 1.29 is 39.1 Å². The second kappa shape index (κ2) is 14.0. The number of ether oxygens (including phenoxy) is 1. The Morgan fingerprint density at radius 1 is 0.659 bits per heavy atom. The molecule has 0 saturated carbocycles. The Hall–Kier alpha value is -4.79. The molecule has 1 atom stereocenters. The van der Waals surface area contributed by atoms with E-state index < -0.39 is 24.2 Å². The summed E-state index contributed by atoms with van der Waals surface area (Å²) < 4.78 is 5.37. The van der Waals surface area contributed by atoms with Gasteiger partial charge in [-0.2, -0.15) is 4.89 Å². The van der Waals surface area contributed by atoms with E-state index in [1.165, 1.54) is 12.1 Å². The van der Waals surface area contributed by atoms with Gasteiger partial charge in [0.1, 0.15) is 6.61 Å². The largest absolute Gasteiger partial charge is 0.478 e. The smallest absolute Gasteiger partial charge is 0.341 e. The molecule has 8 heteroatoms. The van der Waals surface area contributed by atoms with E-state index in [0.717, 1.165) is 22.3 Å². The Labute approximate surface area is 237 Å². The fraction of sp³-hybridized carbons (Fsp3) is 0.182. The van der Waals surface area contributed by atoms with Crippen LogP contribution in [0.25, 0.3) is 0 Å². The molecular weight excluding hydrogens is 524 g/mol. The molecule has 0 bridgehead atoms. The van der Waals surface area contributed by atoms with Crippen LogP contribution in [-0.2, 0) is 34.0 Å². The molecule has 0 aliphatic heterocycles. The molecule has 0 aromatic heterocycles. The zero-order chi connectivity index (χ0) is 29.2. The molecule has 0 aliphatic rings. The van der Waals surface area contributed by atoms with Crippen LogP contribution in [0.3, 0.4) is 0 Å². The highest BCUT2D eigenvalue weighted by atomic mass is 17.2. The van der Waals surface area contributed by atoms with Crippen LogP contribution in [0.4, 0.5) is 0 Å². The fourth-order valence-corrected chi connectivity index (χ4v) is 4.31. The number of benzene rings is 4. The van der Waals surface area contributed by atoms with E-state index >= 15 is 0 Å². The van der Waals surface area contributed by atoms with Crippen molar-refractivity contribution in [2.45, 2.75) is 39.1 Å². The third kappa shape index (κ3) is 8.11. The second-order valence-corrected chi connectivity index (χ2v) is 9.41. The predicted octanol–water partition coefficient (Wildman–Crippen LogP) is 6.31. The van der Waals surface area contributed by atoms with Gasteiger partial charge in [-0.3, -0.25) is 0 Å². The van der Waals surface area contributed by atoms with E-state index in [1.807, 2.05) is 66.7 Å². The average Bonchev–Trinajstić information content (AvgIpc) is 2.98. The molecule has 0 aliphatic carbocycles. The molecule has 0 heterocycles. The minimum absolute atomic E-state index is 0.0776. The van der Waals surface area contributed by atoms with Gasteiger partial charge in [0.15, 0.2) is 0 Å². The Kier molecular flexibility index (Phi) is 9.99. The standard InChI is InChI=1S/C33H30O8/c1-2-30(40-33(38)27-16-14-25(20-29(27)32(36)37)18-23-11-7-4-8-12-23)41-39-21-26-15-13-24(19-28(26)31(34)35)17-22-9-5-3-6-10-22/h3-16,19-20,30H,2,17-18,21H2,1H3,(H,34,35)(H,36,37). The lowest BCUT2D eigenvalue weighted by atomic mass is 9.99. The molecule has 4 rings (SSSR count). The van der Waals surface area contributed by atoms with E-state index in [9.17, 15) is 24.6 Å². The van der Waals surface area contributed by atoms with Crippen LogP contribution in [0.2, 0.25) is 0 Å². The summed E-state index contributed by atoms with van der Waals surface area (Å²) in [5, 5.41) is 19.4. The minimum atomic E-state index is -1.26. The van der Waals surface area contributed by atoms with E-state index in [2.05, 4.69) is 0 Å². The summed E-state index contributed by atoms with van der Waals surface area (Å²) in [6, 6.07) is 28.9. The summed E-state index contributed by atoms with van der Waals surface area (Å²) in [5.74, 6) is -3.23. The Balaban J connectivity index is 1.38. The van der Waals surface area contributed by atoms with Gasteiger partial charge >= 0.3 is 17.9 Å². The summed E-state index contributed by atoms with van der Waals surface area (Å²) in [6.07, 6.45) is 0.162. The minimum Gasteiger partial charge on any atom is -0.478 e. The summed E-state index contributed by atoms with van der Waals surface area (Å²) in [4.78, 5) is 47.2. The van der Waals surface area contributed by atoms with Crippen molar-refractivity contribution in [3.63, 3.8) is 0 Å². The number of carboxylic acids is 2. The fourth-order valence-electron chi connectivity index (χ4n) is 4.31. The molecule has 1 unspecified atom stereocenters. The van der Waals surface area contributed by atoms with Crippen molar-refractivity contribution in [3.05, 3.63) is 142 Å². The van der Waals surface area contributed by atoms with Crippen LogP contribution < -0.4 is 0 Å². The van der Waals surface area contributed by atoms with Gasteiger partial charge in [0.25, 0.3) is 0 Å². The summed E-state index contributed by atoms with van der Waals surface area (Å²) in [6.45, 7) is 1.50. The number of hydrogen-bond acceptors (Lipinski definition) is 6. The van der Waals surface area contributed by atoms with Gasteiger partial charge in [-0.15, -0.1) is 0 Å². The molecule has 4 aromatic carbocycles. The lowest BCUT2D eigenvalue weighted by Crippen LogP contribution is -2.23. The zero-order valence-corrected chi connectivity index (χ0v) is 22.5. The van der Waals surface area contributed by atoms with Gasteiger partial charge in [0, 0.05) is 6.42 Å². The van der Waals surface area contributed by atoms with Crippen LogP contribution in [0.1, 0.15) is 72.2 Å². The molecule has 0 fully saturated rings. The molecule has 0 saturated heterocycles. The molecule has 2 N–H and O–H groups in total. The normalized spacial score (nSPS) is 11.5. The van der Waals surface area contributed by atoms with Crippen LogP contribution >= 0.6 is 0 Å². The number of carbonyl (C=O) groups is 3. The highest BCUT2D eigenvalue weighted by molar-refractivity contribution is 6.02. The van der Waals surface area contributed by atoms with Crippen molar-refractivity contribution in [2.75, 3.05) is 0 Å². The molecule has 41 heavy (non-hydrogen) atoms. The number of hydrogen-bond donors (Lipinski definition) is 2. The summed E-state index contributed by atoms with van der Waals surface area (Å²) in [5.41, 5.74) is 3.81. The van der Waals surface area contributed by atoms with Crippen LogP contribution in [0.5, 0.6) is 0 Å². The number of esters is 1. The monoisotopic (exact) mass is 554 g/mol. The first kappa shape index (κ1) is 29.2. The third-order valence-electron chi connectivity index (χ3n) is 6.40. The number of carbonyl (C=O) groups excluding carboxylic acids is 1. The highest BCUT2D eigenvalue weighted by Gasteiger charge is 2.23. The van der Waals surface area contributed by atoms with Gasteiger partial charge in [0.05, 0.1) is 16.7 Å². The van der Waals surface area contributed by atoms with Crippen molar-refractivity contribution in [3.8, 4) is 0 Å². The van der Waals surface area contributed by atoms with Crippen molar-refractivity contribution >= 4 is 17.9 Å². The van der Waals surface area contributed by atoms with Crippen LogP contribution in [0.15, 0.2) is 97.1 Å². The van der Waals surface area contributed by atoms with Gasteiger partial charge in [-0.05, 0) is 58.9 Å². The summed E-state index contributed by atoms with van der Waals surface area (Å²) in [7, 11) is 0. The number of carboxylic acid groups (broad SMARTS) is 2. The maximum atomic E-state index is 12.9. The molecule has 4 aromatic rings. The Morgan fingerprint density at radius 3 is 1.73 bits per heavy atom. The SMILES string of the molecule is CCC(OOCc1ccc(Cc2ccccc2)cc1C(=O)O)OC(=O)c1ccc(Cc2ccccc2)cc1C(=O)O. The highest BCUT2D eigenvalue weighted by Crippen LogP contribution is 2.20. The average molecular weight is 555 g/mol. The molecule has 0 amide bonds. The predicted molar refractivity (Wildman–Crippen MR) is 151 cm³/mol. The topological polar surface area (TPSA) is 119 Å². The number of aromatic carboxylic acids is 2. The molecular formula is C33H30O8. The maximum Gasteiger partial charge on any atom is 0.341 e. The van der Waals surface area contributed by atoms with E-state index in [0.29, 0.717) is 18.4 Å². The van der Waals surface area contributed by atoms with Crippen molar-refractivity contribution in [2.24, 2.45) is 0 Å². The maximum absolute atomic E-state index is 12.9. The van der Waals surface area contributed by atoms with Crippen LogP contribution in [0, 0.1) is 0 Å². The van der Waals surface area contributed by atoms with Gasteiger partial charge in [0.2, 0.25) is 6.29 Å². The molecule has 0 radical (unpaired) electrons. The lowest BCUT2D eigenvalue weighted by Gasteiger charge is -2.17. The molecule has 8 nitrogen and oxygen atoms in total. The van der Waals surface area contributed by atoms with Gasteiger partial charge in [-0.25, -0.2) is 19.3 Å². The lowest BCUT2D eigenvalue weighted by molar-refractivity contribution is -0.374. The van der Waals surface area contributed by atoms with Gasteiger partial charge < -0.3 is 14.9 Å². The van der Waals surface area contributed by atoms with Crippen molar-refractivity contribution in [1.29, 1.82) is 0 Å².